The number of rotatable bonds is 9. The third-order valence-electron chi connectivity index (χ3n) is 3.87. The molecule has 0 aliphatic carbocycles. The Morgan fingerprint density at radius 2 is 1.75 bits per heavy atom. The molecule has 0 aliphatic rings. The van der Waals surface area contributed by atoms with Gasteiger partial charge in [-0.25, -0.2) is 0 Å². The van der Waals surface area contributed by atoms with Gasteiger partial charge >= 0.3 is 0 Å². The Bertz CT molecular complexity index is 870. The van der Waals surface area contributed by atoms with Gasteiger partial charge in [-0.1, -0.05) is 77.5 Å². The van der Waals surface area contributed by atoms with Crippen LogP contribution in [0, 0.1) is 0 Å². The summed E-state index contributed by atoms with van der Waals surface area (Å²) in [6, 6.07) is 20.2. The summed E-state index contributed by atoms with van der Waals surface area (Å²) in [5.74, 6) is 0.255. The van der Waals surface area contributed by atoms with Crippen LogP contribution in [0.1, 0.15) is 31.0 Å². The van der Waals surface area contributed by atoms with Crippen LogP contribution in [0.2, 0.25) is 0 Å². The van der Waals surface area contributed by atoms with Gasteiger partial charge < -0.3 is 10.1 Å². The number of thioether (sulfide) groups is 1. The number of nitrogens with zero attached hydrogens (tertiary/aromatic N) is 2. The lowest BCUT2D eigenvalue weighted by Crippen LogP contribution is -2.31. The molecule has 0 bridgehead atoms. The maximum atomic E-state index is 12.6. The molecular weight excluding hydrogens is 390 g/mol. The second-order valence-corrected chi connectivity index (χ2v) is 8.67. The van der Waals surface area contributed by atoms with Crippen LogP contribution in [0.3, 0.4) is 0 Å². The van der Waals surface area contributed by atoms with E-state index in [2.05, 4.69) is 27.6 Å². The zero-order valence-corrected chi connectivity index (χ0v) is 17.5. The molecule has 0 fully saturated rings. The van der Waals surface area contributed by atoms with Gasteiger partial charge in [-0.15, -0.1) is 5.10 Å². The average molecular weight is 414 g/mol. The van der Waals surface area contributed by atoms with Crippen molar-refractivity contribution >= 4 is 29.0 Å². The van der Waals surface area contributed by atoms with E-state index in [0.717, 1.165) is 16.3 Å². The Kier molecular flexibility index (Phi) is 7.45. The van der Waals surface area contributed by atoms with E-state index in [4.69, 9.17) is 4.74 Å². The van der Waals surface area contributed by atoms with E-state index in [0.29, 0.717) is 5.19 Å². The Balaban J connectivity index is 1.60. The third kappa shape index (κ3) is 6.35. The first-order valence-electron chi connectivity index (χ1n) is 9.11. The molecule has 0 radical (unpaired) electrons. The van der Waals surface area contributed by atoms with Gasteiger partial charge in [0, 0.05) is 0 Å². The van der Waals surface area contributed by atoms with E-state index in [9.17, 15) is 4.79 Å². The highest BCUT2D eigenvalue weighted by atomic mass is 32.2. The van der Waals surface area contributed by atoms with Crippen LogP contribution < -0.4 is 10.1 Å². The van der Waals surface area contributed by atoms with Crippen molar-refractivity contribution in [3.63, 3.8) is 0 Å². The van der Waals surface area contributed by atoms with Crippen molar-refractivity contribution in [2.24, 2.45) is 0 Å². The highest BCUT2D eigenvalue weighted by molar-refractivity contribution is 8.01. The second kappa shape index (κ2) is 10.2. The zero-order chi connectivity index (χ0) is 19.8. The van der Waals surface area contributed by atoms with Gasteiger partial charge in [0.1, 0.15) is 0 Å². The fourth-order valence-corrected chi connectivity index (χ4v) is 4.27. The monoisotopic (exact) mass is 413 g/mol. The van der Waals surface area contributed by atoms with Crippen LogP contribution >= 0.6 is 23.1 Å². The van der Waals surface area contributed by atoms with E-state index < -0.39 is 0 Å². The quantitative estimate of drug-likeness (QED) is 0.523. The van der Waals surface area contributed by atoms with E-state index in [1.54, 1.807) is 0 Å². The number of amides is 1. The molecule has 146 valence electrons. The van der Waals surface area contributed by atoms with Gasteiger partial charge in [-0.05, 0) is 42.7 Å². The number of aromatic nitrogens is 2. The minimum Gasteiger partial charge on any atom is -0.466 e. The highest BCUT2D eigenvalue weighted by Gasteiger charge is 2.16. The molecule has 1 unspecified atom stereocenters. The zero-order valence-electron chi connectivity index (χ0n) is 15.9. The lowest BCUT2D eigenvalue weighted by atomic mass is 9.99. The Labute approximate surface area is 173 Å². The van der Waals surface area contributed by atoms with Crippen molar-refractivity contribution in [2.75, 3.05) is 5.75 Å². The fraction of sp³-hybridized carbons (Fsp3) is 0.286. The molecule has 3 rings (SSSR count). The molecule has 7 heteroatoms. The Hall–Kier alpha value is -2.38. The summed E-state index contributed by atoms with van der Waals surface area (Å²) >= 11 is 2.73. The third-order valence-corrected chi connectivity index (χ3v) is 5.82. The smallest absolute Gasteiger partial charge is 0.295 e. The van der Waals surface area contributed by atoms with Crippen LogP contribution in [0.4, 0.5) is 0 Å². The number of nitrogens with one attached hydrogen (secondary N) is 1. The Morgan fingerprint density at radius 1 is 1.07 bits per heavy atom. The van der Waals surface area contributed by atoms with Gasteiger partial charge in [0.05, 0.1) is 17.9 Å². The van der Waals surface area contributed by atoms with Gasteiger partial charge in [0.25, 0.3) is 5.19 Å². The normalized spacial score (nSPS) is 12.0. The van der Waals surface area contributed by atoms with Crippen molar-refractivity contribution in [1.82, 2.24) is 15.5 Å². The molecule has 1 N–H and O–H groups in total. The standard InChI is InChI=1S/C21H23N3O2S2/c1-15(2)26-20-23-24-21(28-20)27-14-19(25)22-18(17-11-7-4-8-12-17)13-16-9-5-3-6-10-16/h3-12,15,18H,13-14H2,1-2H3,(H,22,25). The maximum absolute atomic E-state index is 12.6. The van der Waals surface area contributed by atoms with Crippen molar-refractivity contribution < 1.29 is 9.53 Å². The maximum Gasteiger partial charge on any atom is 0.295 e. The first-order chi connectivity index (χ1) is 13.6. The SMILES string of the molecule is CC(C)Oc1nnc(SCC(=O)NC(Cc2ccccc2)c2ccccc2)s1. The number of carbonyl (C=O) groups is 1. The van der Waals surface area contributed by atoms with Gasteiger partial charge in [0.2, 0.25) is 5.91 Å². The van der Waals surface area contributed by atoms with Crippen LogP contribution in [0.5, 0.6) is 5.19 Å². The first-order valence-corrected chi connectivity index (χ1v) is 10.9. The van der Waals surface area contributed by atoms with Gasteiger partial charge in [-0.3, -0.25) is 4.79 Å². The summed E-state index contributed by atoms with van der Waals surface area (Å²) in [6.45, 7) is 3.89. The largest absolute Gasteiger partial charge is 0.466 e. The molecule has 1 atom stereocenters. The minimum absolute atomic E-state index is 0.0312. The fourth-order valence-electron chi connectivity index (χ4n) is 2.66. The number of hydrogen-bond acceptors (Lipinski definition) is 6. The van der Waals surface area contributed by atoms with Crippen LogP contribution in [-0.2, 0) is 11.2 Å². The topological polar surface area (TPSA) is 64.1 Å². The number of benzene rings is 2. The molecule has 0 saturated heterocycles. The number of ether oxygens (including phenoxy) is 1. The van der Waals surface area contributed by atoms with E-state index in [1.165, 1.54) is 28.7 Å². The summed E-state index contributed by atoms with van der Waals surface area (Å²) in [5, 5.41) is 11.8. The predicted molar refractivity (Wildman–Crippen MR) is 114 cm³/mol. The second-order valence-electron chi connectivity index (χ2n) is 6.51. The number of carbonyl (C=O) groups excluding carboxylic acids is 1. The van der Waals surface area contributed by atoms with E-state index >= 15 is 0 Å². The minimum atomic E-state index is -0.0778. The molecule has 0 spiro atoms. The summed E-state index contributed by atoms with van der Waals surface area (Å²) in [6.07, 6.45) is 0.797. The van der Waals surface area contributed by atoms with Crippen molar-refractivity contribution in [3.05, 3.63) is 71.8 Å². The van der Waals surface area contributed by atoms with Crippen LogP contribution in [0.15, 0.2) is 65.0 Å². The molecule has 3 aromatic rings. The first kappa shape index (κ1) is 20.4. The van der Waals surface area contributed by atoms with Gasteiger partial charge in [0.15, 0.2) is 4.34 Å². The van der Waals surface area contributed by atoms with Crippen molar-refractivity contribution in [3.8, 4) is 5.19 Å². The van der Waals surface area contributed by atoms with Crippen molar-refractivity contribution in [1.29, 1.82) is 0 Å². The molecule has 1 aromatic heterocycles. The average Bonchev–Trinajstić information content (AvgIpc) is 3.14. The van der Waals surface area contributed by atoms with E-state index in [-0.39, 0.29) is 23.8 Å². The molecule has 0 aliphatic heterocycles. The van der Waals surface area contributed by atoms with Crippen LogP contribution in [0.25, 0.3) is 0 Å². The summed E-state index contributed by atoms with van der Waals surface area (Å²) in [7, 11) is 0. The Morgan fingerprint density at radius 3 is 2.43 bits per heavy atom. The number of hydrogen-bond donors (Lipinski definition) is 1. The molecule has 1 heterocycles. The van der Waals surface area contributed by atoms with Crippen molar-refractivity contribution in [2.45, 2.75) is 36.8 Å². The lowest BCUT2D eigenvalue weighted by Gasteiger charge is -2.19. The predicted octanol–water partition coefficient (Wildman–Crippen LogP) is 4.52. The van der Waals surface area contributed by atoms with Gasteiger partial charge in [-0.2, -0.15) is 0 Å². The van der Waals surface area contributed by atoms with E-state index in [1.807, 2.05) is 62.4 Å². The summed E-state index contributed by atoms with van der Waals surface area (Å²) in [5.41, 5.74) is 2.28. The molecule has 1 amide bonds. The summed E-state index contributed by atoms with van der Waals surface area (Å²) < 4.78 is 6.25. The van der Waals surface area contributed by atoms with Crippen LogP contribution in [-0.4, -0.2) is 28.0 Å². The molecular formula is C21H23N3O2S2. The molecule has 5 nitrogen and oxygen atoms in total. The lowest BCUT2D eigenvalue weighted by molar-refractivity contribution is -0.119. The molecule has 2 aromatic carbocycles. The highest BCUT2D eigenvalue weighted by Crippen LogP contribution is 2.27. The summed E-state index contributed by atoms with van der Waals surface area (Å²) in [4.78, 5) is 12.6. The molecule has 0 saturated carbocycles. The molecule has 28 heavy (non-hydrogen) atoms.